The van der Waals surface area contributed by atoms with Gasteiger partial charge in [0.2, 0.25) is 10.0 Å². The van der Waals surface area contributed by atoms with Crippen molar-refractivity contribution in [3.8, 4) is 5.75 Å². The molecule has 0 aromatic heterocycles. The largest absolute Gasteiger partial charge is 0.495 e. The zero-order chi connectivity index (χ0) is 16.2. The summed E-state index contributed by atoms with van der Waals surface area (Å²) in [4.78, 5) is -0.288. The fraction of sp³-hybridized carbons (Fsp3) is 0.200. The van der Waals surface area contributed by atoms with Crippen molar-refractivity contribution < 1.29 is 21.9 Å². The minimum absolute atomic E-state index is 0.0110. The number of hydrogen-bond acceptors (Lipinski definition) is 3. The maximum atomic E-state index is 13.5. The predicted molar refractivity (Wildman–Crippen MR) is 78.2 cm³/mol. The molecule has 0 spiro atoms. The molecule has 0 bridgehead atoms. The first kappa shape index (κ1) is 16.4. The van der Waals surface area contributed by atoms with E-state index in [9.17, 15) is 17.2 Å². The maximum Gasteiger partial charge on any atom is 0.244 e. The first-order chi connectivity index (χ1) is 10.4. The Morgan fingerprint density at radius 3 is 2.55 bits per heavy atom. The minimum atomic E-state index is -3.95. The molecule has 0 heterocycles. The van der Waals surface area contributed by atoms with E-state index in [1.165, 1.54) is 19.2 Å². The zero-order valence-electron chi connectivity index (χ0n) is 11.8. The van der Waals surface area contributed by atoms with E-state index >= 15 is 0 Å². The highest BCUT2D eigenvalue weighted by molar-refractivity contribution is 7.89. The Balaban J connectivity index is 2.12. The van der Waals surface area contributed by atoms with Crippen LogP contribution in [0.3, 0.4) is 0 Å². The molecule has 22 heavy (non-hydrogen) atoms. The zero-order valence-corrected chi connectivity index (χ0v) is 12.7. The first-order valence-corrected chi connectivity index (χ1v) is 7.99. The van der Waals surface area contributed by atoms with Crippen molar-refractivity contribution in [3.63, 3.8) is 0 Å². The second kappa shape index (κ2) is 6.85. The highest BCUT2D eigenvalue weighted by Crippen LogP contribution is 2.24. The van der Waals surface area contributed by atoms with Gasteiger partial charge in [0, 0.05) is 6.54 Å². The van der Waals surface area contributed by atoms with E-state index in [1.54, 1.807) is 18.2 Å². The summed E-state index contributed by atoms with van der Waals surface area (Å²) in [5.41, 5.74) is 0.399. The maximum absolute atomic E-state index is 13.5. The molecule has 2 rings (SSSR count). The molecular weight excluding hydrogens is 312 g/mol. The van der Waals surface area contributed by atoms with E-state index in [1.807, 2.05) is 0 Å². The lowest BCUT2D eigenvalue weighted by atomic mass is 10.1. The van der Waals surface area contributed by atoms with Gasteiger partial charge in [-0.15, -0.1) is 0 Å². The lowest BCUT2D eigenvalue weighted by Gasteiger charge is -2.11. The smallest absolute Gasteiger partial charge is 0.244 e. The fourth-order valence-electron chi connectivity index (χ4n) is 1.96. The molecule has 4 nitrogen and oxygen atoms in total. The van der Waals surface area contributed by atoms with Crippen LogP contribution in [0.15, 0.2) is 47.4 Å². The Bertz CT molecular complexity index is 763. The van der Waals surface area contributed by atoms with Gasteiger partial charge < -0.3 is 4.74 Å². The van der Waals surface area contributed by atoms with Crippen LogP contribution in [0.5, 0.6) is 5.75 Å². The third kappa shape index (κ3) is 3.80. The van der Waals surface area contributed by atoms with Gasteiger partial charge in [-0.05, 0) is 36.2 Å². The summed E-state index contributed by atoms with van der Waals surface area (Å²) in [5.74, 6) is -1.04. The summed E-state index contributed by atoms with van der Waals surface area (Å²) in [5, 5.41) is 0. The fourth-order valence-corrected chi connectivity index (χ4v) is 3.17. The summed E-state index contributed by atoms with van der Waals surface area (Å²) in [7, 11) is -2.65. The third-order valence-electron chi connectivity index (χ3n) is 3.06. The Morgan fingerprint density at radius 2 is 1.86 bits per heavy atom. The van der Waals surface area contributed by atoms with Crippen LogP contribution >= 0.6 is 0 Å². The minimum Gasteiger partial charge on any atom is -0.495 e. The quantitative estimate of drug-likeness (QED) is 0.887. The van der Waals surface area contributed by atoms with Crippen molar-refractivity contribution in [2.75, 3.05) is 13.7 Å². The highest BCUT2D eigenvalue weighted by atomic mass is 32.2. The molecule has 0 saturated heterocycles. The molecule has 0 aliphatic heterocycles. The van der Waals surface area contributed by atoms with Crippen molar-refractivity contribution in [2.24, 2.45) is 0 Å². The molecule has 0 aliphatic carbocycles. The molecule has 0 unspecified atom stereocenters. The molecule has 0 saturated carbocycles. The van der Waals surface area contributed by atoms with Crippen molar-refractivity contribution in [2.45, 2.75) is 11.3 Å². The van der Waals surface area contributed by atoms with Crippen LogP contribution in [0.2, 0.25) is 0 Å². The summed E-state index contributed by atoms with van der Waals surface area (Å²) in [6.45, 7) is -0.0110. The van der Waals surface area contributed by atoms with Crippen LogP contribution in [0, 0.1) is 11.6 Å². The first-order valence-electron chi connectivity index (χ1n) is 6.50. The van der Waals surface area contributed by atoms with Crippen molar-refractivity contribution >= 4 is 10.0 Å². The normalized spacial score (nSPS) is 11.4. The Kier molecular flexibility index (Phi) is 5.10. The van der Waals surface area contributed by atoms with Crippen LogP contribution in [0.4, 0.5) is 8.78 Å². The number of nitrogens with one attached hydrogen (secondary N) is 1. The number of ether oxygens (including phenoxy) is 1. The van der Waals surface area contributed by atoms with Gasteiger partial charge in [-0.3, -0.25) is 0 Å². The summed E-state index contributed by atoms with van der Waals surface area (Å²) < 4.78 is 58.3. The second-order valence-electron chi connectivity index (χ2n) is 4.53. The lowest BCUT2D eigenvalue weighted by molar-refractivity contribution is 0.400. The van der Waals surface area contributed by atoms with E-state index in [4.69, 9.17) is 4.74 Å². The van der Waals surface area contributed by atoms with Gasteiger partial charge in [0.1, 0.15) is 22.3 Å². The van der Waals surface area contributed by atoms with Gasteiger partial charge in [0.05, 0.1) is 7.11 Å². The van der Waals surface area contributed by atoms with Crippen molar-refractivity contribution in [1.82, 2.24) is 4.72 Å². The lowest BCUT2D eigenvalue weighted by Crippen LogP contribution is -2.26. The van der Waals surface area contributed by atoms with E-state index < -0.39 is 21.7 Å². The number of rotatable bonds is 6. The summed E-state index contributed by atoms with van der Waals surface area (Å²) in [6.07, 6.45) is 0.184. The van der Waals surface area contributed by atoms with Gasteiger partial charge in [-0.1, -0.05) is 18.2 Å². The molecule has 118 valence electrons. The molecule has 0 atom stereocenters. The van der Waals surface area contributed by atoms with Crippen LogP contribution in [-0.2, 0) is 16.4 Å². The van der Waals surface area contributed by atoms with E-state index in [0.717, 1.165) is 12.1 Å². The van der Waals surface area contributed by atoms with Gasteiger partial charge in [0.15, 0.2) is 0 Å². The molecule has 0 fully saturated rings. The third-order valence-corrected chi connectivity index (χ3v) is 4.54. The molecule has 1 N–H and O–H groups in total. The number of halogens is 2. The number of sulfonamides is 1. The number of benzene rings is 2. The van der Waals surface area contributed by atoms with Crippen LogP contribution in [0.1, 0.15) is 5.56 Å². The van der Waals surface area contributed by atoms with Gasteiger partial charge >= 0.3 is 0 Å². The molecule has 7 heteroatoms. The molecule has 0 aliphatic rings. The van der Waals surface area contributed by atoms with Crippen LogP contribution in [0.25, 0.3) is 0 Å². The average molecular weight is 327 g/mol. The average Bonchev–Trinajstić information content (AvgIpc) is 2.49. The van der Waals surface area contributed by atoms with Crippen molar-refractivity contribution in [3.05, 3.63) is 59.7 Å². The van der Waals surface area contributed by atoms with E-state index in [-0.39, 0.29) is 23.6 Å². The molecular formula is C15H15F2NO3S. The monoisotopic (exact) mass is 327 g/mol. The van der Waals surface area contributed by atoms with Crippen molar-refractivity contribution in [1.29, 1.82) is 0 Å². The molecule has 0 amide bonds. The molecule has 2 aromatic carbocycles. The predicted octanol–water partition coefficient (Wildman–Crippen LogP) is 2.49. The standard InChI is InChI=1S/C15H15F2NO3S/c1-21-14-7-6-12(16)10-15(14)22(19,20)18-9-8-11-4-2-3-5-13(11)17/h2-7,10,18H,8-9H2,1H3. The Hall–Kier alpha value is -1.99. The van der Waals surface area contributed by atoms with E-state index in [2.05, 4.69) is 4.72 Å². The molecule has 2 aromatic rings. The SMILES string of the molecule is COc1ccc(F)cc1S(=O)(=O)NCCc1ccccc1F. The molecule has 0 radical (unpaired) electrons. The number of hydrogen-bond donors (Lipinski definition) is 1. The van der Waals surface area contributed by atoms with E-state index in [0.29, 0.717) is 5.56 Å². The Morgan fingerprint density at radius 1 is 1.14 bits per heavy atom. The number of methoxy groups -OCH3 is 1. The van der Waals surface area contributed by atoms with Gasteiger partial charge in [-0.2, -0.15) is 0 Å². The summed E-state index contributed by atoms with van der Waals surface area (Å²) in [6, 6.07) is 9.33. The Labute approximate surface area is 127 Å². The van der Waals surface area contributed by atoms with Crippen LogP contribution < -0.4 is 9.46 Å². The second-order valence-corrected chi connectivity index (χ2v) is 6.27. The van der Waals surface area contributed by atoms with Crippen LogP contribution in [-0.4, -0.2) is 22.1 Å². The summed E-state index contributed by atoms with van der Waals surface area (Å²) >= 11 is 0. The highest BCUT2D eigenvalue weighted by Gasteiger charge is 2.20. The topological polar surface area (TPSA) is 55.4 Å². The van der Waals surface area contributed by atoms with Gasteiger partial charge in [0.25, 0.3) is 0 Å². The van der Waals surface area contributed by atoms with Gasteiger partial charge in [-0.25, -0.2) is 21.9 Å².